The lowest BCUT2D eigenvalue weighted by Gasteiger charge is -2.25. The highest BCUT2D eigenvalue weighted by atomic mass is 32.1. The predicted molar refractivity (Wildman–Crippen MR) is 92.1 cm³/mol. The molecule has 2 aliphatic rings. The molecule has 0 aromatic rings. The predicted octanol–water partition coefficient (Wildman–Crippen LogP) is 0.450. The Morgan fingerprint density at radius 3 is 2.62 bits per heavy atom. The first-order valence-corrected chi connectivity index (χ1v) is 10.3. The van der Waals surface area contributed by atoms with E-state index < -0.39 is 25.2 Å². The Labute approximate surface area is 131 Å². The van der Waals surface area contributed by atoms with E-state index in [4.69, 9.17) is 17.0 Å². The highest BCUT2D eigenvalue weighted by Crippen LogP contribution is 2.39. The largest absolute Gasteiger partial charge is 0.388 e. The minimum absolute atomic E-state index is 0.381. The van der Waals surface area contributed by atoms with Gasteiger partial charge in [0.2, 0.25) is 0 Å². The van der Waals surface area contributed by atoms with Gasteiger partial charge in [-0.15, -0.1) is 13.2 Å². The van der Waals surface area contributed by atoms with Gasteiger partial charge in [-0.05, 0) is 38.1 Å². The summed E-state index contributed by atoms with van der Waals surface area (Å²) < 4.78 is 5.86. The lowest BCUT2D eigenvalue weighted by Crippen LogP contribution is -2.41. The molecule has 4 N–H and O–H groups in total. The van der Waals surface area contributed by atoms with E-state index in [1.54, 1.807) is 6.20 Å². The van der Waals surface area contributed by atoms with Crippen molar-refractivity contribution in [2.75, 3.05) is 19.5 Å². The smallest absolute Gasteiger partial charge is 0.174 e. The van der Waals surface area contributed by atoms with Gasteiger partial charge in [-0.1, -0.05) is 6.58 Å². The monoisotopic (exact) mass is 330 g/mol. The quantitative estimate of drug-likeness (QED) is 0.443. The van der Waals surface area contributed by atoms with Crippen molar-refractivity contribution in [2.45, 2.75) is 30.8 Å². The van der Waals surface area contributed by atoms with Crippen molar-refractivity contribution in [3.63, 3.8) is 0 Å². The van der Waals surface area contributed by atoms with Gasteiger partial charge in [0, 0.05) is 17.5 Å². The highest BCUT2D eigenvalue weighted by molar-refractivity contribution is 7.80. The van der Waals surface area contributed by atoms with Crippen LogP contribution in [0.3, 0.4) is 0 Å². The number of nitrogens with one attached hydrogen (secondary N) is 2. The zero-order chi connectivity index (χ0) is 15.8. The number of aliphatic hydroxyl groups excluding tert-OH is 2. The second kappa shape index (κ2) is 6.23. The van der Waals surface area contributed by atoms with Gasteiger partial charge < -0.3 is 25.6 Å². The summed E-state index contributed by atoms with van der Waals surface area (Å²) in [5.74, 6) is 0. The van der Waals surface area contributed by atoms with Crippen molar-refractivity contribution in [3.8, 4) is 0 Å². The van der Waals surface area contributed by atoms with Crippen LogP contribution in [-0.4, -0.2) is 65.5 Å². The molecule has 7 heteroatoms. The number of hydrogen-bond donors (Lipinski definition) is 4. The molecule has 2 aliphatic heterocycles. The Balaban J connectivity index is 2.08. The standard InChI is InChI=1S/C14H23N2O3PS/c1-8-9(7-15-14(21)16-8)13-12(18)11(17)10(19-13)5-6-20(2,3)4/h7,10-13,17-18H,1-2,5-6H2,3-4H3,(H2,15,16,21)/t10?,11-,12-,13?/m1/s1. The van der Waals surface area contributed by atoms with Crippen LogP contribution in [0.4, 0.5) is 0 Å². The van der Waals surface area contributed by atoms with Crippen molar-refractivity contribution in [1.82, 2.24) is 10.6 Å². The first-order chi connectivity index (χ1) is 9.69. The van der Waals surface area contributed by atoms with Gasteiger partial charge in [-0.3, -0.25) is 0 Å². The molecule has 4 atom stereocenters. The summed E-state index contributed by atoms with van der Waals surface area (Å²) in [5.41, 5.74) is 1.27. The number of aliphatic hydroxyl groups is 2. The molecule has 2 rings (SSSR count). The number of ether oxygens (including phenoxy) is 1. The first kappa shape index (κ1) is 16.7. The molecule has 0 radical (unpaired) electrons. The third-order valence-electron chi connectivity index (χ3n) is 3.66. The number of rotatable bonds is 4. The van der Waals surface area contributed by atoms with Gasteiger partial charge in [0.15, 0.2) is 5.11 Å². The Morgan fingerprint density at radius 2 is 2.05 bits per heavy atom. The topological polar surface area (TPSA) is 73.8 Å². The van der Waals surface area contributed by atoms with E-state index in [1.165, 1.54) is 0 Å². The molecule has 0 bridgehead atoms. The number of hydrogen-bond acceptors (Lipinski definition) is 4. The Kier molecular flexibility index (Phi) is 4.96. The van der Waals surface area contributed by atoms with Crippen LogP contribution < -0.4 is 10.6 Å². The van der Waals surface area contributed by atoms with Crippen LogP contribution in [0.5, 0.6) is 0 Å². The zero-order valence-corrected chi connectivity index (χ0v) is 14.1. The molecule has 0 aliphatic carbocycles. The summed E-state index contributed by atoms with van der Waals surface area (Å²) in [4.78, 5) is 0. The Bertz CT molecular complexity index is 528. The summed E-state index contributed by atoms with van der Waals surface area (Å²) >= 11 is 4.99. The second-order valence-corrected chi connectivity index (χ2v) is 10.9. The molecule has 5 nitrogen and oxygen atoms in total. The molecule has 0 amide bonds. The van der Waals surface area contributed by atoms with E-state index in [0.29, 0.717) is 22.8 Å². The third kappa shape index (κ3) is 3.96. The fourth-order valence-electron chi connectivity index (χ4n) is 2.45. The SMILES string of the molecule is C=C1NC(=S)NC=C1C1OC(CCP(=C)(C)C)[C@@H](O)[C@H]1O. The van der Waals surface area contributed by atoms with Crippen LogP contribution in [0.1, 0.15) is 6.42 Å². The molecule has 2 unspecified atom stereocenters. The third-order valence-corrected chi connectivity index (χ3v) is 5.35. The van der Waals surface area contributed by atoms with Crippen LogP contribution in [0.25, 0.3) is 0 Å². The van der Waals surface area contributed by atoms with Crippen molar-refractivity contribution >= 4 is 30.5 Å². The van der Waals surface area contributed by atoms with Crippen molar-refractivity contribution in [3.05, 3.63) is 24.0 Å². The van der Waals surface area contributed by atoms with Crippen LogP contribution in [0.15, 0.2) is 24.0 Å². The molecule has 2 heterocycles. The van der Waals surface area contributed by atoms with Gasteiger partial charge in [0.1, 0.15) is 18.3 Å². The molecule has 0 aromatic carbocycles. The molecule has 0 aromatic heterocycles. The molecule has 1 fully saturated rings. The van der Waals surface area contributed by atoms with Crippen LogP contribution >= 0.6 is 19.1 Å². The minimum Gasteiger partial charge on any atom is -0.388 e. The van der Waals surface area contributed by atoms with Gasteiger partial charge in [0.05, 0.1) is 6.10 Å². The van der Waals surface area contributed by atoms with E-state index in [2.05, 4.69) is 36.8 Å². The van der Waals surface area contributed by atoms with Crippen LogP contribution in [0, 0.1) is 0 Å². The maximum atomic E-state index is 10.2. The summed E-state index contributed by atoms with van der Waals surface area (Å²) in [6, 6.07) is 0. The Hall–Kier alpha value is -0.650. The van der Waals surface area contributed by atoms with E-state index in [0.717, 1.165) is 6.16 Å². The summed E-state index contributed by atoms with van der Waals surface area (Å²) in [5, 5.41) is 26.6. The molecular weight excluding hydrogens is 307 g/mol. The lowest BCUT2D eigenvalue weighted by atomic mass is 9.99. The van der Waals surface area contributed by atoms with Crippen molar-refractivity contribution < 1.29 is 14.9 Å². The van der Waals surface area contributed by atoms with Crippen molar-refractivity contribution in [2.24, 2.45) is 0 Å². The van der Waals surface area contributed by atoms with Gasteiger partial charge in [0.25, 0.3) is 0 Å². The highest BCUT2D eigenvalue weighted by Gasteiger charge is 2.45. The van der Waals surface area contributed by atoms with E-state index in [9.17, 15) is 10.2 Å². The normalized spacial score (nSPS) is 33.4. The van der Waals surface area contributed by atoms with Gasteiger partial charge >= 0.3 is 0 Å². The van der Waals surface area contributed by atoms with Crippen LogP contribution in [-0.2, 0) is 4.74 Å². The summed E-state index contributed by atoms with van der Waals surface area (Å²) in [7, 11) is 0. The molecule has 1 saturated heterocycles. The minimum atomic E-state index is -1.18. The second-order valence-electron chi connectivity index (χ2n) is 6.20. The fraction of sp³-hybridized carbons (Fsp3) is 0.571. The molecule has 118 valence electrons. The zero-order valence-electron chi connectivity index (χ0n) is 12.4. The molecule has 0 spiro atoms. The Morgan fingerprint density at radius 1 is 1.38 bits per heavy atom. The maximum absolute atomic E-state index is 10.2. The average Bonchev–Trinajstić information content (AvgIpc) is 2.64. The van der Waals surface area contributed by atoms with Crippen molar-refractivity contribution in [1.29, 1.82) is 0 Å². The molecule has 21 heavy (non-hydrogen) atoms. The van der Waals surface area contributed by atoms with E-state index in [1.807, 2.05) is 0 Å². The summed E-state index contributed by atoms with van der Waals surface area (Å²) in [6.45, 7) is 6.98. The molecular formula is C14H23N2O3PS. The first-order valence-electron chi connectivity index (χ1n) is 6.85. The maximum Gasteiger partial charge on any atom is 0.174 e. The average molecular weight is 330 g/mol. The van der Waals surface area contributed by atoms with Crippen LogP contribution in [0.2, 0.25) is 0 Å². The van der Waals surface area contributed by atoms with Gasteiger partial charge in [-0.2, -0.15) is 0 Å². The van der Waals surface area contributed by atoms with E-state index >= 15 is 0 Å². The van der Waals surface area contributed by atoms with E-state index in [-0.39, 0.29) is 6.10 Å². The lowest BCUT2D eigenvalue weighted by molar-refractivity contribution is 0.0188. The summed E-state index contributed by atoms with van der Waals surface area (Å²) in [6.07, 6.45) is 4.57. The molecule has 0 saturated carbocycles. The van der Waals surface area contributed by atoms with Gasteiger partial charge in [-0.25, -0.2) is 0 Å². The number of thiocarbonyl (C=S) groups is 1. The fourth-order valence-corrected chi connectivity index (χ4v) is 3.59.